The summed E-state index contributed by atoms with van der Waals surface area (Å²) in [5, 5.41) is 10.7. The van der Waals surface area contributed by atoms with E-state index in [1.807, 2.05) is 18.2 Å². The van der Waals surface area contributed by atoms with Crippen LogP contribution in [-0.2, 0) is 0 Å². The molecule has 1 heterocycles. The van der Waals surface area contributed by atoms with Gasteiger partial charge < -0.3 is 19.3 Å². The Bertz CT molecular complexity index is 946. The van der Waals surface area contributed by atoms with Gasteiger partial charge in [0.1, 0.15) is 12.7 Å². The van der Waals surface area contributed by atoms with Crippen LogP contribution in [0, 0.1) is 0 Å². The van der Waals surface area contributed by atoms with Crippen LogP contribution in [0.2, 0.25) is 0 Å². The van der Waals surface area contributed by atoms with Crippen molar-refractivity contribution in [3.8, 4) is 17.2 Å². The SMILES string of the molecule is COc1cccc(OC)c1OCC(O)CN1CCN(C(c2ccccc2)c2ccccc2)CC1. The summed E-state index contributed by atoms with van der Waals surface area (Å²) in [6.07, 6.45) is -0.611. The summed E-state index contributed by atoms with van der Waals surface area (Å²) in [7, 11) is 3.19. The maximum atomic E-state index is 10.7. The molecule has 1 N–H and O–H groups in total. The minimum absolute atomic E-state index is 0.174. The molecule has 1 fully saturated rings. The number of hydrogen-bond acceptors (Lipinski definition) is 6. The number of β-amino-alcohol motifs (C(OH)–C–C–N with tert-alkyl or cyclic N) is 1. The van der Waals surface area contributed by atoms with Gasteiger partial charge >= 0.3 is 0 Å². The van der Waals surface area contributed by atoms with Crippen molar-refractivity contribution in [3.05, 3.63) is 90.0 Å². The number of hydrogen-bond donors (Lipinski definition) is 1. The topological polar surface area (TPSA) is 54.4 Å². The first-order valence-corrected chi connectivity index (χ1v) is 11.8. The van der Waals surface area contributed by atoms with E-state index in [4.69, 9.17) is 14.2 Å². The fourth-order valence-electron chi connectivity index (χ4n) is 4.58. The fourth-order valence-corrected chi connectivity index (χ4v) is 4.58. The smallest absolute Gasteiger partial charge is 0.203 e. The summed E-state index contributed by atoms with van der Waals surface area (Å²) in [6.45, 7) is 4.39. The fraction of sp³-hybridized carbons (Fsp3) is 0.357. The number of para-hydroxylation sites is 1. The lowest BCUT2D eigenvalue weighted by Crippen LogP contribution is -2.50. The normalized spacial score (nSPS) is 15.8. The van der Waals surface area contributed by atoms with Gasteiger partial charge in [-0.3, -0.25) is 9.80 Å². The second-order valence-electron chi connectivity index (χ2n) is 8.52. The van der Waals surface area contributed by atoms with Crippen molar-refractivity contribution < 1.29 is 19.3 Å². The molecule has 1 atom stereocenters. The van der Waals surface area contributed by atoms with E-state index >= 15 is 0 Å². The van der Waals surface area contributed by atoms with Gasteiger partial charge in [0.15, 0.2) is 11.5 Å². The first kappa shape index (κ1) is 24.1. The van der Waals surface area contributed by atoms with Gasteiger partial charge in [-0.1, -0.05) is 66.7 Å². The summed E-state index contributed by atoms with van der Waals surface area (Å²) in [5.41, 5.74) is 2.61. The Morgan fingerprint density at radius 3 is 1.76 bits per heavy atom. The first-order chi connectivity index (χ1) is 16.7. The number of ether oxygens (including phenoxy) is 3. The van der Waals surface area contributed by atoms with Crippen LogP contribution in [-0.4, -0.2) is 74.6 Å². The molecule has 1 saturated heterocycles. The highest BCUT2D eigenvalue weighted by Crippen LogP contribution is 2.36. The van der Waals surface area contributed by atoms with Crippen LogP contribution in [0.3, 0.4) is 0 Å². The Morgan fingerprint density at radius 1 is 0.735 bits per heavy atom. The van der Waals surface area contributed by atoms with Gasteiger partial charge in [0, 0.05) is 32.7 Å². The van der Waals surface area contributed by atoms with Crippen molar-refractivity contribution >= 4 is 0 Å². The molecule has 0 aliphatic carbocycles. The third kappa shape index (κ3) is 5.89. The monoisotopic (exact) mass is 462 g/mol. The van der Waals surface area contributed by atoms with Gasteiger partial charge in [0.25, 0.3) is 0 Å². The van der Waals surface area contributed by atoms with E-state index in [1.54, 1.807) is 14.2 Å². The van der Waals surface area contributed by atoms with E-state index in [0.29, 0.717) is 23.8 Å². The molecule has 0 aromatic heterocycles. The minimum Gasteiger partial charge on any atom is -0.493 e. The summed E-state index contributed by atoms with van der Waals surface area (Å²) in [4.78, 5) is 4.83. The second-order valence-corrected chi connectivity index (χ2v) is 8.52. The van der Waals surface area contributed by atoms with Gasteiger partial charge in [0.2, 0.25) is 5.75 Å². The molecular weight excluding hydrogens is 428 g/mol. The standard InChI is InChI=1S/C28H34N2O4/c1-32-25-14-9-15-26(33-2)28(25)34-21-24(31)20-29-16-18-30(19-17-29)27(22-10-5-3-6-11-22)23-12-7-4-8-13-23/h3-15,24,27,31H,16-21H2,1-2H3. The molecule has 3 aromatic rings. The van der Waals surface area contributed by atoms with Crippen molar-refractivity contribution in [1.29, 1.82) is 0 Å². The van der Waals surface area contributed by atoms with Crippen molar-refractivity contribution in [3.63, 3.8) is 0 Å². The number of aliphatic hydroxyl groups excluding tert-OH is 1. The van der Waals surface area contributed by atoms with Crippen molar-refractivity contribution in [2.24, 2.45) is 0 Å². The molecular formula is C28H34N2O4. The molecule has 1 aliphatic rings. The average Bonchev–Trinajstić information content (AvgIpc) is 2.89. The number of benzene rings is 3. The lowest BCUT2D eigenvalue weighted by molar-refractivity contribution is 0.0390. The molecule has 1 aliphatic heterocycles. The van der Waals surface area contributed by atoms with E-state index in [-0.39, 0.29) is 12.6 Å². The summed E-state index contributed by atoms with van der Waals surface area (Å²) < 4.78 is 16.6. The zero-order chi connectivity index (χ0) is 23.8. The van der Waals surface area contributed by atoms with E-state index < -0.39 is 6.10 Å². The zero-order valence-corrected chi connectivity index (χ0v) is 20.0. The Kier molecular flexibility index (Phi) is 8.41. The molecule has 0 bridgehead atoms. The number of rotatable bonds is 10. The Labute approximate surface area is 202 Å². The maximum Gasteiger partial charge on any atom is 0.203 e. The number of aliphatic hydroxyl groups is 1. The number of methoxy groups -OCH3 is 2. The van der Waals surface area contributed by atoms with E-state index in [1.165, 1.54) is 11.1 Å². The molecule has 3 aromatic carbocycles. The number of piperazine rings is 1. The molecule has 1 unspecified atom stereocenters. The van der Waals surface area contributed by atoms with Crippen molar-refractivity contribution in [2.45, 2.75) is 12.1 Å². The highest BCUT2D eigenvalue weighted by molar-refractivity contribution is 5.51. The molecule has 180 valence electrons. The van der Waals surface area contributed by atoms with E-state index in [9.17, 15) is 5.11 Å². The van der Waals surface area contributed by atoms with Crippen LogP contribution in [0.25, 0.3) is 0 Å². The Morgan fingerprint density at radius 2 is 1.26 bits per heavy atom. The minimum atomic E-state index is -0.611. The van der Waals surface area contributed by atoms with Gasteiger partial charge in [0.05, 0.1) is 20.3 Å². The summed E-state index contributed by atoms with van der Waals surface area (Å²) in [5.74, 6) is 1.70. The average molecular weight is 463 g/mol. The second kappa shape index (κ2) is 11.9. The Balaban J connectivity index is 1.34. The lowest BCUT2D eigenvalue weighted by Gasteiger charge is -2.40. The highest BCUT2D eigenvalue weighted by atomic mass is 16.5. The first-order valence-electron chi connectivity index (χ1n) is 11.8. The van der Waals surface area contributed by atoms with Gasteiger partial charge in [-0.05, 0) is 23.3 Å². The quantitative estimate of drug-likeness (QED) is 0.494. The van der Waals surface area contributed by atoms with Crippen molar-refractivity contribution in [2.75, 3.05) is 53.6 Å². The largest absolute Gasteiger partial charge is 0.493 e. The van der Waals surface area contributed by atoms with Crippen LogP contribution < -0.4 is 14.2 Å². The van der Waals surface area contributed by atoms with Crippen LogP contribution in [0.15, 0.2) is 78.9 Å². The third-order valence-electron chi connectivity index (χ3n) is 6.27. The van der Waals surface area contributed by atoms with Gasteiger partial charge in [-0.15, -0.1) is 0 Å². The van der Waals surface area contributed by atoms with Crippen molar-refractivity contribution in [1.82, 2.24) is 9.80 Å². The van der Waals surface area contributed by atoms with E-state index in [2.05, 4.69) is 70.5 Å². The molecule has 6 heteroatoms. The van der Waals surface area contributed by atoms with Crippen LogP contribution in [0.1, 0.15) is 17.2 Å². The van der Waals surface area contributed by atoms with Gasteiger partial charge in [-0.2, -0.15) is 0 Å². The molecule has 6 nitrogen and oxygen atoms in total. The summed E-state index contributed by atoms with van der Waals surface area (Å²) >= 11 is 0. The van der Waals surface area contributed by atoms with Crippen LogP contribution >= 0.6 is 0 Å². The van der Waals surface area contributed by atoms with E-state index in [0.717, 1.165) is 26.2 Å². The molecule has 34 heavy (non-hydrogen) atoms. The highest BCUT2D eigenvalue weighted by Gasteiger charge is 2.27. The molecule has 0 saturated carbocycles. The predicted octanol–water partition coefficient (Wildman–Crippen LogP) is 3.85. The molecule has 0 amide bonds. The third-order valence-corrected chi connectivity index (χ3v) is 6.27. The Hall–Kier alpha value is -3.06. The molecule has 0 spiro atoms. The number of nitrogens with zero attached hydrogens (tertiary/aromatic N) is 2. The summed E-state index contributed by atoms with van der Waals surface area (Å²) in [6, 6.07) is 27.1. The zero-order valence-electron chi connectivity index (χ0n) is 20.0. The van der Waals surface area contributed by atoms with Gasteiger partial charge in [-0.25, -0.2) is 0 Å². The maximum absolute atomic E-state index is 10.7. The predicted molar refractivity (Wildman–Crippen MR) is 134 cm³/mol. The molecule has 0 radical (unpaired) electrons. The van der Waals surface area contributed by atoms with Crippen LogP contribution in [0.4, 0.5) is 0 Å². The lowest BCUT2D eigenvalue weighted by atomic mass is 9.96. The molecule has 4 rings (SSSR count). The van der Waals surface area contributed by atoms with Crippen LogP contribution in [0.5, 0.6) is 17.2 Å².